The Hall–Kier alpha value is -0.520. The molecule has 0 bridgehead atoms. The highest BCUT2D eigenvalue weighted by molar-refractivity contribution is 5.01. The Kier molecular flexibility index (Phi) is 4.03. The van der Waals surface area contributed by atoms with Gasteiger partial charge in [0.1, 0.15) is 6.61 Å². The van der Waals surface area contributed by atoms with Gasteiger partial charge in [-0.15, -0.1) is 0 Å². The van der Waals surface area contributed by atoms with Gasteiger partial charge in [0.2, 0.25) is 0 Å². The smallest absolute Gasteiger partial charge is 0.158 e. The van der Waals surface area contributed by atoms with E-state index >= 15 is 0 Å². The van der Waals surface area contributed by atoms with Crippen molar-refractivity contribution in [2.24, 2.45) is 0 Å². The molecular formula is C9H13O2. The van der Waals surface area contributed by atoms with Crippen LogP contribution in [0.3, 0.4) is 0 Å². The van der Waals surface area contributed by atoms with E-state index in [1.165, 1.54) is 6.42 Å². The minimum absolute atomic E-state index is 0.0235. The maximum absolute atomic E-state index is 5.31. The summed E-state index contributed by atoms with van der Waals surface area (Å²) in [6, 6.07) is 0. The lowest BCUT2D eigenvalue weighted by atomic mass is 10.2. The highest BCUT2D eigenvalue weighted by Crippen LogP contribution is 2.12. The van der Waals surface area contributed by atoms with Crippen LogP contribution in [-0.4, -0.2) is 19.5 Å². The minimum atomic E-state index is -0.0235. The summed E-state index contributed by atoms with van der Waals surface area (Å²) >= 11 is 0. The summed E-state index contributed by atoms with van der Waals surface area (Å²) in [6.07, 6.45) is 3.33. The summed E-state index contributed by atoms with van der Waals surface area (Å²) in [6.45, 7) is 4.65. The van der Waals surface area contributed by atoms with Gasteiger partial charge in [-0.25, -0.2) is 0 Å². The van der Waals surface area contributed by atoms with Crippen molar-refractivity contribution in [2.45, 2.75) is 25.6 Å². The SMILES string of the molecule is [CH2]C#CCOC1CCCCO1. The van der Waals surface area contributed by atoms with Gasteiger partial charge in [-0.05, 0) is 19.3 Å². The third-order valence-corrected chi connectivity index (χ3v) is 1.60. The maximum atomic E-state index is 5.31. The molecule has 0 N–H and O–H groups in total. The van der Waals surface area contributed by atoms with Crippen LogP contribution >= 0.6 is 0 Å². The molecule has 0 aliphatic carbocycles. The van der Waals surface area contributed by atoms with Crippen molar-refractivity contribution < 1.29 is 9.47 Å². The lowest BCUT2D eigenvalue weighted by Gasteiger charge is -2.21. The fraction of sp³-hybridized carbons (Fsp3) is 0.667. The molecule has 61 valence electrons. The van der Waals surface area contributed by atoms with Crippen LogP contribution in [0.2, 0.25) is 0 Å². The van der Waals surface area contributed by atoms with Crippen LogP contribution in [0.4, 0.5) is 0 Å². The van der Waals surface area contributed by atoms with E-state index in [2.05, 4.69) is 18.8 Å². The van der Waals surface area contributed by atoms with E-state index in [4.69, 9.17) is 9.47 Å². The third kappa shape index (κ3) is 3.41. The van der Waals surface area contributed by atoms with Gasteiger partial charge in [0.05, 0.1) is 0 Å². The zero-order chi connectivity index (χ0) is 7.94. The summed E-state index contributed by atoms with van der Waals surface area (Å²) in [4.78, 5) is 0. The average Bonchev–Trinajstić information content (AvgIpc) is 2.07. The first kappa shape index (κ1) is 8.58. The first-order chi connectivity index (χ1) is 5.43. The van der Waals surface area contributed by atoms with E-state index in [1.54, 1.807) is 0 Å². The molecule has 2 heteroatoms. The second kappa shape index (κ2) is 5.17. The zero-order valence-electron chi connectivity index (χ0n) is 6.64. The van der Waals surface area contributed by atoms with Gasteiger partial charge in [-0.1, -0.05) is 11.8 Å². The van der Waals surface area contributed by atoms with Gasteiger partial charge >= 0.3 is 0 Å². The molecule has 2 nitrogen and oxygen atoms in total. The molecule has 0 spiro atoms. The summed E-state index contributed by atoms with van der Waals surface area (Å²) in [5, 5.41) is 0. The van der Waals surface area contributed by atoms with Gasteiger partial charge in [-0.3, -0.25) is 0 Å². The van der Waals surface area contributed by atoms with Gasteiger partial charge in [0, 0.05) is 13.5 Å². The first-order valence-electron chi connectivity index (χ1n) is 3.91. The van der Waals surface area contributed by atoms with E-state index in [9.17, 15) is 0 Å². The quantitative estimate of drug-likeness (QED) is 0.558. The normalized spacial score (nSPS) is 23.9. The molecule has 1 unspecified atom stereocenters. The molecule has 1 heterocycles. The number of rotatable bonds is 2. The second-order valence-corrected chi connectivity index (χ2v) is 2.46. The number of hydrogen-bond acceptors (Lipinski definition) is 2. The summed E-state index contributed by atoms with van der Waals surface area (Å²) in [7, 11) is 0. The van der Waals surface area contributed by atoms with Gasteiger partial charge < -0.3 is 9.47 Å². The number of hydrogen-bond donors (Lipinski definition) is 0. The molecule has 1 fully saturated rings. The van der Waals surface area contributed by atoms with Crippen molar-refractivity contribution in [1.29, 1.82) is 0 Å². The van der Waals surface area contributed by atoms with Crippen molar-refractivity contribution in [3.8, 4) is 11.8 Å². The van der Waals surface area contributed by atoms with E-state index in [0.717, 1.165) is 19.4 Å². The zero-order valence-corrected chi connectivity index (χ0v) is 6.64. The maximum Gasteiger partial charge on any atom is 0.158 e. The van der Waals surface area contributed by atoms with Crippen molar-refractivity contribution >= 4 is 0 Å². The van der Waals surface area contributed by atoms with E-state index < -0.39 is 0 Å². The summed E-state index contributed by atoms with van der Waals surface area (Å²) < 4.78 is 10.6. The van der Waals surface area contributed by atoms with Crippen molar-refractivity contribution in [3.63, 3.8) is 0 Å². The van der Waals surface area contributed by atoms with Crippen molar-refractivity contribution in [2.75, 3.05) is 13.2 Å². The predicted octanol–water partition coefficient (Wildman–Crippen LogP) is 1.37. The molecule has 0 aromatic heterocycles. The van der Waals surface area contributed by atoms with Gasteiger partial charge in [0.15, 0.2) is 6.29 Å². The monoisotopic (exact) mass is 153 g/mol. The standard InChI is InChI=1S/C9H13O2/c1-2-3-7-10-9-6-4-5-8-11-9/h9H,1,4-8H2. The molecule has 1 saturated heterocycles. The second-order valence-electron chi connectivity index (χ2n) is 2.46. The average molecular weight is 153 g/mol. The van der Waals surface area contributed by atoms with E-state index in [-0.39, 0.29) is 6.29 Å². The van der Waals surface area contributed by atoms with Crippen LogP contribution in [0.5, 0.6) is 0 Å². The fourth-order valence-corrected chi connectivity index (χ4v) is 1.03. The Balaban J connectivity index is 2.08. The summed E-state index contributed by atoms with van der Waals surface area (Å²) in [5.74, 6) is 5.26. The molecule has 11 heavy (non-hydrogen) atoms. The van der Waals surface area contributed by atoms with E-state index in [1.807, 2.05) is 0 Å². The molecule has 1 aliphatic heterocycles. The molecule has 1 rings (SSSR count). The summed E-state index contributed by atoms with van der Waals surface area (Å²) in [5.41, 5.74) is 0. The lowest BCUT2D eigenvalue weighted by molar-refractivity contribution is -0.154. The van der Waals surface area contributed by atoms with Crippen molar-refractivity contribution in [1.82, 2.24) is 0 Å². The molecule has 1 atom stereocenters. The Morgan fingerprint density at radius 1 is 1.55 bits per heavy atom. The van der Waals surface area contributed by atoms with Gasteiger partial charge in [-0.2, -0.15) is 0 Å². The largest absolute Gasteiger partial charge is 0.353 e. The molecule has 0 aromatic rings. The Bertz CT molecular complexity index is 149. The van der Waals surface area contributed by atoms with Crippen LogP contribution in [0.1, 0.15) is 19.3 Å². The Morgan fingerprint density at radius 3 is 3.09 bits per heavy atom. The highest BCUT2D eigenvalue weighted by atomic mass is 16.7. The molecule has 0 amide bonds. The van der Waals surface area contributed by atoms with Gasteiger partial charge in [0.25, 0.3) is 0 Å². The fourth-order valence-electron chi connectivity index (χ4n) is 1.03. The Labute approximate surface area is 67.9 Å². The number of ether oxygens (including phenoxy) is 2. The molecule has 1 aliphatic rings. The first-order valence-corrected chi connectivity index (χ1v) is 3.91. The van der Waals surface area contributed by atoms with Crippen molar-refractivity contribution in [3.05, 3.63) is 6.92 Å². The molecular weight excluding hydrogens is 140 g/mol. The molecule has 0 saturated carbocycles. The minimum Gasteiger partial charge on any atom is -0.353 e. The highest BCUT2D eigenvalue weighted by Gasteiger charge is 2.12. The van der Waals surface area contributed by atoms with Crippen LogP contribution in [0.15, 0.2) is 0 Å². The van der Waals surface area contributed by atoms with Crippen LogP contribution in [0.25, 0.3) is 0 Å². The van der Waals surface area contributed by atoms with E-state index in [0.29, 0.717) is 6.61 Å². The Morgan fingerprint density at radius 2 is 2.45 bits per heavy atom. The predicted molar refractivity (Wildman–Crippen MR) is 42.7 cm³/mol. The third-order valence-electron chi connectivity index (χ3n) is 1.60. The lowest BCUT2D eigenvalue weighted by Crippen LogP contribution is -2.22. The molecule has 0 aromatic carbocycles. The van der Waals surface area contributed by atoms with Crippen LogP contribution < -0.4 is 0 Å². The topological polar surface area (TPSA) is 18.5 Å². The molecule has 1 radical (unpaired) electrons. The van der Waals surface area contributed by atoms with Crippen LogP contribution in [-0.2, 0) is 9.47 Å². The van der Waals surface area contributed by atoms with Crippen LogP contribution in [0, 0.1) is 18.8 Å².